The van der Waals surface area contributed by atoms with Crippen molar-refractivity contribution in [2.45, 2.75) is 32.2 Å². The van der Waals surface area contributed by atoms with E-state index in [-0.39, 0.29) is 11.8 Å². The Kier molecular flexibility index (Phi) is 8.36. The number of rotatable bonds is 9. The van der Waals surface area contributed by atoms with Gasteiger partial charge in [-0.2, -0.15) is 0 Å². The van der Waals surface area contributed by atoms with Gasteiger partial charge in [0.15, 0.2) is 0 Å². The molecule has 0 saturated carbocycles. The van der Waals surface area contributed by atoms with E-state index in [4.69, 9.17) is 11.6 Å². The van der Waals surface area contributed by atoms with Crippen LogP contribution in [0.25, 0.3) is 0 Å². The van der Waals surface area contributed by atoms with Crippen LogP contribution in [0.2, 0.25) is 0 Å². The number of unbranched alkanes of at least 4 members (excludes halogenated alkanes) is 1. The third-order valence-electron chi connectivity index (χ3n) is 2.19. The molecule has 0 saturated heterocycles. The summed E-state index contributed by atoms with van der Waals surface area (Å²) in [4.78, 5) is 2.04. The van der Waals surface area contributed by atoms with E-state index < -0.39 is 10.0 Å². The quantitative estimate of drug-likeness (QED) is 0.507. The van der Waals surface area contributed by atoms with E-state index >= 15 is 0 Å². The summed E-state index contributed by atoms with van der Waals surface area (Å²) in [5.41, 5.74) is 0. The molecule has 0 aliphatic rings. The van der Waals surface area contributed by atoms with Crippen LogP contribution in [0.3, 0.4) is 0 Å². The number of alkyl halides is 1. The lowest BCUT2D eigenvalue weighted by Crippen LogP contribution is -2.36. The summed E-state index contributed by atoms with van der Waals surface area (Å²) in [5, 5.41) is 0. The largest absolute Gasteiger partial charge is 0.309 e. The lowest BCUT2D eigenvalue weighted by atomic mass is 10.2. The molecule has 1 atom stereocenters. The average molecular weight is 271 g/mol. The zero-order valence-electron chi connectivity index (χ0n) is 10.4. The van der Waals surface area contributed by atoms with Crippen molar-refractivity contribution in [3.05, 3.63) is 0 Å². The second kappa shape index (κ2) is 8.28. The Balaban J connectivity index is 3.86. The van der Waals surface area contributed by atoms with Gasteiger partial charge in [0.25, 0.3) is 0 Å². The molecular formula is C10H23ClN2O2S. The first-order valence-corrected chi connectivity index (χ1v) is 7.77. The molecule has 0 spiro atoms. The normalized spacial score (nSPS) is 14.3. The van der Waals surface area contributed by atoms with Crippen LogP contribution < -0.4 is 4.72 Å². The highest BCUT2D eigenvalue weighted by Crippen LogP contribution is 2.00. The van der Waals surface area contributed by atoms with Crippen molar-refractivity contribution in [3.8, 4) is 0 Å². The predicted octanol–water partition coefficient (Wildman–Crippen LogP) is 1.26. The van der Waals surface area contributed by atoms with Crippen LogP contribution in [-0.2, 0) is 10.0 Å². The number of hydrogen-bond acceptors (Lipinski definition) is 3. The highest BCUT2D eigenvalue weighted by molar-refractivity contribution is 7.89. The zero-order chi connectivity index (χ0) is 12.6. The first kappa shape index (κ1) is 16.2. The van der Waals surface area contributed by atoms with E-state index in [9.17, 15) is 8.42 Å². The molecule has 4 nitrogen and oxygen atoms in total. The minimum absolute atomic E-state index is 0.0107. The summed E-state index contributed by atoms with van der Waals surface area (Å²) >= 11 is 5.50. The minimum atomic E-state index is -3.13. The maximum atomic E-state index is 11.6. The molecule has 0 fully saturated rings. The van der Waals surface area contributed by atoms with E-state index in [0.717, 1.165) is 19.4 Å². The lowest BCUT2D eigenvalue weighted by Gasteiger charge is -2.16. The number of sulfonamides is 1. The fourth-order valence-electron chi connectivity index (χ4n) is 1.26. The maximum Gasteiger partial charge on any atom is 0.211 e. The van der Waals surface area contributed by atoms with E-state index in [2.05, 4.69) is 4.72 Å². The molecule has 0 radical (unpaired) electrons. The first-order chi connectivity index (χ1) is 7.37. The Morgan fingerprint density at radius 1 is 1.31 bits per heavy atom. The molecular weight excluding hydrogens is 248 g/mol. The zero-order valence-corrected chi connectivity index (χ0v) is 11.9. The van der Waals surface area contributed by atoms with Gasteiger partial charge in [-0.15, -0.1) is 11.6 Å². The van der Waals surface area contributed by atoms with Gasteiger partial charge in [-0.1, -0.05) is 0 Å². The summed E-state index contributed by atoms with van der Waals surface area (Å²) in [7, 11) is 0.820. The van der Waals surface area contributed by atoms with Crippen LogP contribution in [-0.4, -0.2) is 51.6 Å². The average Bonchev–Trinajstić information content (AvgIpc) is 2.14. The molecule has 1 unspecified atom stereocenters. The fourth-order valence-corrected chi connectivity index (χ4v) is 2.88. The molecule has 98 valence electrons. The molecule has 0 aliphatic carbocycles. The number of hydrogen-bond donors (Lipinski definition) is 1. The van der Waals surface area contributed by atoms with Gasteiger partial charge in [0.1, 0.15) is 0 Å². The van der Waals surface area contributed by atoms with Crippen LogP contribution >= 0.6 is 11.6 Å². The van der Waals surface area contributed by atoms with Crippen molar-refractivity contribution < 1.29 is 8.42 Å². The molecule has 16 heavy (non-hydrogen) atoms. The van der Waals surface area contributed by atoms with Crippen molar-refractivity contribution >= 4 is 21.6 Å². The Labute approximate surface area is 104 Å². The van der Waals surface area contributed by atoms with Crippen LogP contribution in [0.1, 0.15) is 26.2 Å². The number of nitrogens with one attached hydrogen (secondary N) is 1. The SMILES string of the molecule is CC(CCN(C)C)NS(=O)(=O)CCCCCl. The van der Waals surface area contributed by atoms with E-state index in [1.54, 1.807) is 0 Å². The van der Waals surface area contributed by atoms with Gasteiger partial charge in [0, 0.05) is 11.9 Å². The van der Waals surface area contributed by atoms with Crippen LogP contribution in [0.5, 0.6) is 0 Å². The Bertz CT molecular complexity index is 268. The topological polar surface area (TPSA) is 49.4 Å². The van der Waals surface area contributed by atoms with Crippen molar-refractivity contribution in [3.63, 3.8) is 0 Å². The third kappa shape index (κ3) is 9.39. The first-order valence-electron chi connectivity index (χ1n) is 5.58. The molecule has 0 amide bonds. The van der Waals surface area contributed by atoms with Gasteiger partial charge < -0.3 is 4.90 Å². The van der Waals surface area contributed by atoms with Crippen LogP contribution in [0.15, 0.2) is 0 Å². The molecule has 0 aromatic rings. The van der Waals surface area contributed by atoms with Gasteiger partial charge in [-0.25, -0.2) is 13.1 Å². The number of nitrogens with zero attached hydrogens (tertiary/aromatic N) is 1. The van der Waals surface area contributed by atoms with E-state index in [1.165, 1.54) is 0 Å². The summed E-state index contributed by atoms with van der Waals surface area (Å²) in [6, 6.07) is -0.0107. The molecule has 0 rings (SSSR count). The van der Waals surface area contributed by atoms with Gasteiger partial charge in [-0.05, 0) is 46.8 Å². The highest BCUT2D eigenvalue weighted by atomic mass is 35.5. The predicted molar refractivity (Wildman–Crippen MR) is 69.5 cm³/mol. The molecule has 0 heterocycles. The van der Waals surface area contributed by atoms with Crippen molar-refractivity contribution in [1.82, 2.24) is 9.62 Å². The highest BCUT2D eigenvalue weighted by Gasteiger charge is 2.13. The fraction of sp³-hybridized carbons (Fsp3) is 1.00. The van der Waals surface area contributed by atoms with Gasteiger partial charge >= 0.3 is 0 Å². The van der Waals surface area contributed by atoms with Gasteiger partial charge in [0.2, 0.25) is 10.0 Å². The van der Waals surface area contributed by atoms with E-state index in [0.29, 0.717) is 12.3 Å². The Hall–Kier alpha value is 0.160. The Morgan fingerprint density at radius 3 is 2.44 bits per heavy atom. The van der Waals surface area contributed by atoms with Crippen molar-refractivity contribution in [1.29, 1.82) is 0 Å². The van der Waals surface area contributed by atoms with Gasteiger partial charge in [-0.3, -0.25) is 0 Å². The monoisotopic (exact) mass is 270 g/mol. The molecule has 0 bridgehead atoms. The summed E-state index contributed by atoms with van der Waals surface area (Å²) in [6.45, 7) is 2.77. The molecule has 0 aromatic heterocycles. The van der Waals surface area contributed by atoms with Gasteiger partial charge in [0.05, 0.1) is 5.75 Å². The van der Waals surface area contributed by atoms with Crippen LogP contribution in [0.4, 0.5) is 0 Å². The third-order valence-corrected chi connectivity index (χ3v) is 4.04. The standard InChI is InChI=1S/C10H23ClN2O2S/c1-10(6-8-13(2)3)12-16(14,15)9-5-4-7-11/h10,12H,4-9H2,1-3H3. The lowest BCUT2D eigenvalue weighted by molar-refractivity contribution is 0.379. The summed E-state index contributed by atoms with van der Waals surface area (Å²) in [5.74, 6) is 0.692. The summed E-state index contributed by atoms with van der Waals surface area (Å²) in [6.07, 6.45) is 2.19. The number of halogens is 1. The van der Waals surface area contributed by atoms with Crippen molar-refractivity contribution in [2.75, 3.05) is 32.3 Å². The molecule has 0 aromatic carbocycles. The molecule has 1 N–H and O–H groups in total. The Morgan fingerprint density at radius 2 is 1.94 bits per heavy atom. The maximum absolute atomic E-state index is 11.6. The second-order valence-electron chi connectivity index (χ2n) is 4.33. The molecule has 0 aliphatic heterocycles. The summed E-state index contributed by atoms with van der Waals surface area (Å²) < 4.78 is 25.9. The van der Waals surface area contributed by atoms with Crippen LogP contribution in [0, 0.1) is 0 Å². The molecule has 6 heteroatoms. The second-order valence-corrected chi connectivity index (χ2v) is 6.58. The van der Waals surface area contributed by atoms with Crippen molar-refractivity contribution in [2.24, 2.45) is 0 Å². The minimum Gasteiger partial charge on any atom is -0.309 e. The smallest absolute Gasteiger partial charge is 0.211 e. The van der Waals surface area contributed by atoms with E-state index in [1.807, 2.05) is 25.9 Å².